The van der Waals surface area contributed by atoms with Crippen LogP contribution in [0.25, 0.3) is 0 Å². The molecule has 4 nitrogen and oxygen atoms in total. The molecule has 0 aromatic heterocycles. The van der Waals surface area contributed by atoms with Crippen molar-refractivity contribution < 1.29 is 9.53 Å². The van der Waals surface area contributed by atoms with Crippen LogP contribution < -0.4 is 10.5 Å². The second-order valence-corrected chi connectivity index (χ2v) is 6.45. The Hall–Kier alpha value is -2.33. The van der Waals surface area contributed by atoms with Gasteiger partial charge in [-0.05, 0) is 51.6 Å². The van der Waals surface area contributed by atoms with Crippen LogP contribution in [0.1, 0.15) is 36.2 Å². The SMILES string of the molecule is CCOc1ccc(C(=O)C(CC)(Cc2ccccc2)N(C)C)c(N)c1. The van der Waals surface area contributed by atoms with Gasteiger partial charge in [-0.15, -0.1) is 0 Å². The molecule has 0 spiro atoms. The van der Waals surface area contributed by atoms with Gasteiger partial charge in [-0.2, -0.15) is 0 Å². The number of ketones is 1. The smallest absolute Gasteiger partial charge is 0.185 e. The van der Waals surface area contributed by atoms with Crippen LogP contribution in [-0.2, 0) is 6.42 Å². The normalized spacial score (nSPS) is 13.5. The molecule has 4 heteroatoms. The molecule has 0 heterocycles. The fourth-order valence-electron chi connectivity index (χ4n) is 3.23. The van der Waals surface area contributed by atoms with E-state index < -0.39 is 5.54 Å². The summed E-state index contributed by atoms with van der Waals surface area (Å²) < 4.78 is 5.47. The fourth-order valence-corrected chi connectivity index (χ4v) is 3.23. The summed E-state index contributed by atoms with van der Waals surface area (Å²) in [4.78, 5) is 15.5. The van der Waals surface area contributed by atoms with Gasteiger partial charge in [-0.1, -0.05) is 37.3 Å². The maximum Gasteiger partial charge on any atom is 0.185 e. The Morgan fingerprint density at radius 2 is 1.80 bits per heavy atom. The third-order valence-electron chi connectivity index (χ3n) is 4.78. The zero-order valence-corrected chi connectivity index (χ0v) is 15.6. The molecule has 0 aliphatic carbocycles. The van der Waals surface area contributed by atoms with Gasteiger partial charge >= 0.3 is 0 Å². The number of ether oxygens (including phenoxy) is 1. The van der Waals surface area contributed by atoms with Crippen molar-refractivity contribution in [1.82, 2.24) is 4.90 Å². The molecule has 0 saturated carbocycles. The molecular formula is C21H28N2O2. The topological polar surface area (TPSA) is 55.6 Å². The number of nitrogens with zero attached hydrogens (tertiary/aromatic N) is 1. The number of carbonyl (C=O) groups is 1. The zero-order valence-electron chi connectivity index (χ0n) is 15.6. The molecule has 2 aromatic carbocycles. The lowest BCUT2D eigenvalue weighted by atomic mass is 9.80. The Bertz CT molecular complexity index is 713. The first-order chi connectivity index (χ1) is 11.9. The number of nitrogens with two attached hydrogens (primary N) is 1. The zero-order chi connectivity index (χ0) is 18.4. The molecular weight excluding hydrogens is 312 g/mol. The van der Waals surface area contributed by atoms with Gasteiger partial charge in [-0.3, -0.25) is 9.69 Å². The van der Waals surface area contributed by atoms with Crippen LogP contribution in [0.5, 0.6) is 5.75 Å². The van der Waals surface area contributed by atoms with Crippen molar-refractivity contribution in [2.24, 2.45) is 0 Å². The molecule has 0 fully saturated rings. The van der Waals surface area contributed by atoms with Crippen molar-refractivity contribution in [1.29, 1.82) is 0 Å². The lowest BCUT2D eigenvalue weighted by Crippen LogP contribution is -2.52. The quantitative estimate of drug-likeness (QED) is 0.586. The van der Waals surface area contributed by atoms with E-state index >= 15 is 0 Å². The Balaban J connectivity index is 2.42. The van der Waals surface area contributed by atoms with E-state index in [4.69, 9.17) is 10.5 Å². The number of rotatable bonds is 8. The average Bonchev–Trinajstić information content (AvgIpc) is 2.60. The van der Waals surface area contributed by atoms with Crippen molar-refractivity contribution in [3.63, 3.8) is 0 Å². The Morgan fingerprint density at radius 1 is 1.12 bits per heavy atom. The first-order valence-corrected chi connectivity index (χ1v) is 8.73. The minimum atomic E-state index is -0.636. The van der Waals surface area contributed by atoms with E-state index in [-0.39, 0.29) is 5.78 Å². The van der Waals surface area contributed by atoms with Gasteiger partial charge in [0.05, 0.1) is 12.1 Å². The summed E-state index contributed by atoms with van der Waals surface area (Å²) in [5, 5.41) is 0. The molecule has 1 atom stereocenters. The van der Waals surface area contributed by atoms with Crippen molar-refractivity contribution in [2.45, 2.75) is 32.2 Å². The van der Waals surface area contributed by atoms with Crippen LogP contribution in [0.3, 0.4) is 0 Å². The summed E-state index contributed by atoms with van der Waals surface area (Å²) >= 11 is 0. The van der Waals surface area contributed by atoms with Gasteiger partial charge in [0.15, 0.2) is 5.78 Å². The maximum absolute atomic E-state index is 13.5. The fraction of sp³-hybridized carbons (Fsp3) is 0.381. The maximum atomic E-state index is 13.5. The van der Waals surface area contributed by atoms with Gasteiger partial charge < -0.3 is 10.5 Å². The number of Topliss-reactive ketones (excluding diaryl/α,β-unsaturated/α-hetero) is 1. The van der Waals surface area contributed by atoms with Crippen molar-refractivity contribution in [3.8, 4) is 5.75 Å². The number of anilines is 1. The minimum absolute atomic E-state index is 0.0457. The average molecular weight is 340 g/mol. The first kappa shape index (κ1) is 19.0. The lowest BCUT2D eigenvalue weighted by molar-refractivity contribution is 0.0667. The second kappa shape index (κ2) is 8.17. The van der Waals surface area contributed by atoms with E-state index in [0.29, 0.717) is 36.4 Å². The Labute approximate surface area is 150 Å². The summed E-state index contributed by atoms with van der Waals surface area (Å²) in [7, 11) is 3.91. The summed E-state index contributed by atoms with van der Waals surface area (Å²) in [6.45, 7) is 4.53. The lowest BCUT2D eigenvalue weighted by Gasteiger charge is -2.38. The molecule has 2 rings (SSSR count). The highest BCUT2D eigenvalue weighted by Crippen LogP contribution is 2.31. The number of benzene rings is 2. The number of nitrogen functional groups attached to an aromatic ring is 1. The molecule has 0 aliphatic rings. The summed E-state index contributed by atoms with van der Waals surface area (Å²) in [6, 6.07) is 15.4. The molecule has 0 amide bonds. The predicted molar refractivity (Wildman–Crippen MR) is 103 cm³/mol. The van der Waals surface area contributed by atoms with E-state index in [1.165, 1.54) is 0 Å². The van der Waals surface area contributed by atoms with Gasteiger partial charge in [0.1, 0.15) is 5.75 Å². The molecule has 0 saturated heterocycles. The standard InChI is InChI=1S/C21H28N2O2/c1-5-21(23(3)4,15-16-10-8-7-9-11-16)20(24)18-13-12-17(25-6-2)14-19(18)22/h7-14H,5-6,15,22H2,1-4H3. The Morgan fingerprint density at radius 3 is 2.32 bits per heavy atom. The molecule has 1 unspecified atom stereocenters. The second-order valence-electron chi connectivity index (χ2n) is 6.45. The van der Waals surface area contributed by atoms with E-state index in [9.17, 15) is 4.79 Å². The van der Waals surface area contributed by atoms with E-state index in [2.05, 4.69) is 12.1 Å². The summed E-state index contributed by atoms with van der Waals surface area (Å²) in [6.07, 6.45) is 1.34. The molecule has 2 aromatic rings. The van der Waals surface area contributed by atoms with Crippen molar-refractivity contribution >= 4 is 11.5 Å². The largest absolute Gasteiger partial charge is 0.494 e. The molecule has 134 valence electrons. The van der Waals surface area contributed by atoms with Crippen LogP contribution in [0.15, 0.2) is 48.5 Å². The third kappa shape index (κ3) is 4.02. The van der Waals surface area contributed by atoms with Crippen LogP contribution in [-0.4, -0.2) is 36.9 Å². The summed E-state index contributed by atoms with van der Waals surface area (Å²) in [5.74, 6) is 0.732. The van der Waals surface area contributed by atoms with E-state index in [1.807, 2.05) is 57.1 Å². The van der Waals surface area contributed by atoms with Gasteiger partial charge in [-0.25, -0.2) is 0 Å². The number of carbonyl (C=O) groups excluding carboxylic acids is 1. The Kier molecular flexibility index (Phi) is 6.21. The molecule has 0 bridgehead atoms. The van der Waals surface area contributed by atoms with E-state index in [0.717, 1.165) is 5.56 Å². The van der Waals surface area contributed by atoms with E-state index in [1.54, 1.807) is 12.1 Å². The van der Waals surface area contributed by atoms with Crippen LogP contribution in [0.2, 0.25) is 0 Å². The monoisotopic (exact) mass is 340 g/mol. The highest BCUT2D eigenvalue weighted by Gasteiger charge is 2.40. The molecule has 0 radical (unpaired) electrons. The van der Waals surface area contributed by atoms with Gasteiger partial charge in [0.25, 0.3) is 0 Å². The van der Waals surface area contributed by atoms with Crippen LogP contribution in [0.4, 0.5) is 5.69 Å². The highest BCUT2D eigenvalue weighted by atomic mass is 16.5. The number of hydrogen-bond donors (Lipinski definition) is 1. The van der Waals surface area contributed by atoms with Crippen molar-refractivity contribution in [2.75, 3.05) is 26.4 Å². The van der Waals surface area contributed by atoms with Gasteiger partial charge in [0.2, 0.25) is 0 Å². The molecule has 2 N–H and O–H groups in total. The number of hydrogen-bond acceptors (Lipinski definition) is 4. The van der Waals surface area contributed by atoms with Crippen LogP contribution >= 0.6 is 0 Å². The third-order valence-corrected chi connectivity index (χ3v) is 4.78. The summed E-state index contributed by atoms with van der Waals surface area (Å²) in [5.41, 5.74) is 7.69. The minimum Gasteiger partial charge on any atom is -0.494 e. The molecule has 25 heavy (non-hydrogen) atoms. The predicted octanol–water partition coefficient (Wildman–Crippen LogP) is 3.80. The highest BCUT2D eigenvalue weighted by molar-refractivity contribution is 6.07. The first-order valence-electron chi connectivity index (χ1n) is 8.73. The van der Waals surface area contributed by atoms with Gasteiger partial charge in [0, 0.05) is 17.3 Å². The number of likely N-dealkylation sites (N-methyl/N-ethyl adjacent to an activating group) is 1. The van der Waals surface area contributed by atoms with Crippen molar-refractivity contribution in [3.05, 3.63) is 59.7 Å². The molecule has 0 aliphatic heterocycles. The van der Waals surface area contributed by atoms with Crippen LogP contribution in [0, 0.1) is 0 Å².